The number of benzene rings is 1. The Morgan fingerprint density at radius 1 is 1.45 bits per heavy atom. The van der Waals surface area contributed by atoms with Crippen LogP contribution in [0.2, 0.25) is 0 Å². The van der Waals surface area contributed by atoms with Crippen LogP contribution in [0.15, 0.2) is 22.7 Å². The van der Waals surface area contributed by atoms with Gasteiger partial charge in [-0.1, -0.05) is 6.92 Å². The number of nitrogen functional groups attached to an aromatic ring is 1. The molecule has 1 aliphatic heterocycles. The molecule has 110 valence electrons. The lowest BCUT2D eigenvalue weighted by molar-refractivity contribution is 0.0675. The molecule has 1 atom stereocenters. The Morgan fingerprint density at radius 3 is 2.85 bits per heavy atom. The molecule has 0 saturated carbocycles. The van der Waals surface area contributed by atoms with Gasteiger partial charge in [0.2, 0.25) is 0 Å². The highest BCUT2D eigenvalue weighted by Gasteiger charge is 2.26. The Hall–Kier alpha value is -1.07. The van der Waals surface area contributed by atoms with Crippen molar-refractivity contribution in [2.24, 2.45) is 0 Å². The number of amides is 1. The van der Waals surface area contributed by atoms with E-state index in [2.05, 4.69) is 34.8 Å². The third-order valence-electron chi connectivity index (χ3n) is 3.88. The smallest absolute Gasteiger partial charge is 0.254 e. The first kappa shape index (κ1) is 15.3. The van der Waals surface area contributed by atoms with Crippen molar-refractivity contribution in [2.45, 2.75) is 25.8 Å². The van der Waals surface area contributed by atoms with E-state index in [1.165, 1.54) is 0 Å². The lowest BCUT2D eigenvalue weighted by Gasteiger charge is -2.30. The average Bonchev–Trinajstić information content (AvgIpc) is 2.62. The third-order valence-corrected chi connectivity index (χ3v) is 4.57. The second-order valence-corrected chi connectivity index (χ2v) is 6.27. The van der Waals surface area contributed by atoms with Crippen molar-refractivity contribution >= 4 is 27.5 Å². The molecule has 2 N–H and O–H groups in total. The van der Waals surface area contributed by atoms with Crippen LogP contribution >= 0.6 is 15.9 Å². The van der Waals surface area contributed by atoms with E-state index in [1.807, 2.05) is 17.0 Å². The van der Waals surface area contributed by atoms with Crippen LogP contribution in [0.1, 0.15) is 30.1 Å². The van der Waals surface area contributed by atoms with E-state index in [4.69, 9.17) is 5.73 Å². The first-order valence-electron chi connectivity index (χ1n) is 7.07. The maximum atomic E-state index is 12.7. The van der Waals surface area contributed by atoms with Crippen molar-refractivity contribution in [2.75, 3.05) is 32.4 Å². The molecular weight excluding hydrogens is 318 g/mol. The molecule has 1 heterocycles. The summed E-state index contributed by atoms with van der Waals surface area (Å²) in [5.74, 6) is 0.104. The Balaban J connectivity index is 2.23. The van der Waals surface area contributed by atoms with Gasteiger partial charge in [0.1, 0.15) is 0 Å². The fraction of sp³-hybridized carbons (Fsp3) is 0.533. The number of likely N-dealkylation sites (N-methyl/N-ethyl adjacent to an activating group) is 1. The van der Waals surface area contributed by atoms with E-state index < -0.39 is 0 Å². The van der Waals surface area contributed by atoms with E-state index in [1.54, 1.807) is 6.07 Å². The van der Waals surface area contributed by atoms with Crippen LogP contribution in [0.3, 0.4) is 0 Å². The molecule has 0 aromatic heterocycles. The maximum absolute atomic E-state index is 12.7. The standard InChI is InChI=1S/C15H22BrN3O/c1-3-12-10-18(2)7-4-8-19(12)15(20)11-5-6-14(17)13(16)9-11/h5-6,9,12H,3-4,7-8,10,17H2,1-2H3. The molecule has 1 amide bonds. The topological polar surface area (TPSA) is 49.6 Å². The second-order valence-electron chi connectivity index (χ2n) is 5.41. The predicted octanol–water partition coefficient (Wildman–Crippen LogP) is 2.59. The lowest BCUT2D eigenvalue weighted by atomic mass is 10.1. The molecule has 1 saturated heterocycles. The third kappa shape index (κ3) is 3.33. The normalized spacial score (nSPS) is 20.8. The minimum atomic E-state index is 0.104. The Labute approximate surface area is 129 Å². The van der Waals surface area contributed by atoms with Crippen molar-refractivity contribution in [3.63, 3.8) is 0 Å². The molecule has 1 aliphatic rings. The van der Waals surface area contributed by atoms with Gasteiger partial charge in [0.15, 0.2) is 0 Å². The van der Waals surface area contributed by atoms with Crippen LogP contribution in [-0.4, -0.2) is 48.4 Å². The van der Waals surface area contributed by atoms with Gasteiger partial charge in [0, 0.05) is 34.9 Å². The van der Waals surface area contributed by atoms with Crippen LogP contribution in [0.5, 0.6) is 0 Å². The number of rotatable bonds is 2. The van der Waals surface area contributed by atoms with E-state index >= 15 is 0 Å². The van der Waals surface area contributed by atoms with Gasteiger partial charge in [-0.25, -0.2) is 0 Å². The van der Waals surface area contributed by atoms with Crippen molar-refractivity contribution in [3.05, 3.63) is 28.2 Å². The quantitative estimate of drug-likeness (QED) is 0.842. The van der Waals surface area contributed by atoms with E-state index in [0.29, 0.717) is 11.3 Å². The zero-order valence-corrected chi connectivity index (χ0v) is 13.7. The second kappa shape index (κ2) is 6.59. The SMILES string of the molecule is CCC1CN(C)CCCN1C(=O)c1ccc(N)c(Br)c1. The zero-order chi connectivity index (χ0) is 14.7. The first-order valence-corrected chi connectivity index (χ1v) is 7.86. The summed E-state index contributed by atoms with van der Waals surface area (Å²) in [5.41, 5.74) is 7.15. The molecule has 1 aromatic rings. The molecule has 1 aromatic carbocycles. The van der Waals surface area contributed by atoms with Crippen LogP contribution in [0.4, 0.5) is 5.69 Å². The van der Waals surface area contributed by atoms with Crippen molar-refractivity contribution in [3.8, 4) is 0 Å². The van der Waals surface area contributed by atoms with Crippen LogP contribution < -0.4 is 5.73 Å². The van der Waals surface area contributed by atoms with Crippen molar-refractivity contribution in [1.29, 1.82) is 0 Å². The minimum Gasteiger partial charge on any atom is -0.398 e. The van der Waals surface area contributed by atoms with E-state index in [0.717, 1.165) is 36.9 Å². The summed E-state index contributed by atoms with van der Waals surface area (Å²) in [6.07, 6.45) is 2.00. The highest BCUT2D eigenvalue weighted by Crippen LogP contribution is 2.23. The summed E-state index contributed by atoms with van der Waals surface area (Å²) < 4.78 is 0.781. The van der Waals surface area contributed by atoms with Gasteiger partial charge in [0.05, 0.1) is 0 Å². The summed E-state index contributed by atoms with van der Waals surface area (Å²) in [6, 6.07) is 5.69. The number of carbonyl (C=O) groups excluding carboxylic acids is 1. The molecule has 0 spiro atoms. The Kier molecular flexibility index (Phi) is 5.05. The maximum Gasteiger partial charge on any atom is 0.254 e. The molecule has 1 unspecified atom stereocenters. The highest BCUT2D eigenvalue weighted by atomic mass is 79.9. The Bertz CT molecular complexity index is 492. The number of carbonyl (C=O) groups is 1. The number of halogens is 1. The Morgan fingerprint density at radius 2 is 2.20 bits per heavy atom. The van der Waals surface area contributed by atoms with Crippen molar-refractivity contribution in [1.82, 2.24) is 9.80 Å². The van der Waals surface area contributed by atoms with Gasteiger partial charge >= 0.3 is 0 Å². The minimum absolute atomic E-state index is 0.104. The van der Waals surface area contributed by atoms with Gasteiger partial charge in [-0.15, -0.1) is 0 Å². The largest absolute Gasteiger partial charge is 0.398 e. The molecule has 0 bridgehead atoms. The monoisotopic (exact) mass is 339 g/mol. The average molecular weight is 340 g/mol. The van der Waals surface area contributed by atoms with Gasteiger partial charge < -0.3 is 15.5 Å². The van der Waals surface area contributed by atoms with Crippen LogP contribution in [-0.2, 0) is 0 Å². The summed E-state index contributed by atoms with van der Waals surface area (Å²) >= 11 is 3.39. The lowest BCUT2D eigenvalue weighted by Crippen LogP contribution is -2.43. The molecular formula is C15H22BrN3O. The number of nitrogens with two attached hydrogens (primary N) is 1. The first-order chi connectivity index (χ1) is 9.52. The van der Waals surface area contributed by atoms with Crippen LogP contribution in [0, 0.1) is 0 Å². The summed E-state index contributed by atoms with van der Waals surface area (Å²) in [7, 11) is 2.12. The molecule has 5 heteroatoms. The van der Waals surface area contributed by atoms with E-state index in [9.17, 15) is 4.79 Å². The zero-order valence-electron chi connectivity index (χ0n) is 12.1. The predicted molar refractivity (Wildman–Crippen MR) is 85.8 cm³/mol. The van der Waals surface area contributed by atoms with Gasteiger partial charge in [0.25, 0.3) is 5.91 Å². The fourth-order valence-corrected chi connectivity index (χ4v) is 3.06. The molecule has 1 fully saturated rings. The fourth-order valence-electron chi connectivity index (χ4n) is 2.69. The van der Waals surface area contributed by atoms with Gasteiger partial charge in [-0.3, -0.25) is 4.79 Å². The van der Waals surface area contributed by atoms with E-state index in [-0.39, 0.29) is 11.9 Å². The molecule has 0 radical (unpaired) electrons. The highest BCUT2D eigenvalue weighted by molar-refractivity contribution is 9.10. The molecule has 20 heavy (non-hydrogen) atoms. The van der Waals surface area contributed by atoms with Gasteiger partial charge in [-0.2, -0.15) is 0 Å². The summed E-state index contributed by atoms with van der Waals surface area (Å²) in [6.45, 7) is 4.96. The number of hydrogen-bond donors (Lipinski definition) is 1. The molecule has 2 rings (SSSR count). The number of hydrogen-bond acceptors (Lipinski definition) is 3. The van der Waals surface area contributed by atoms with Crippen LogP contribution in [0.25, 0.3) is 0 Å². The summed E-state index contributed by atoms with van der Waals surface area (Å²) in [5, 5.41) is 0. The molecule has 4 nitrogen and oxygen atoms in total. The number of anilines is 1. The van der Waals surface area contributed by atoms with Gasteiger partial charge in [-0.05, 0) is 60.6 Å². The number of nitrogens with zero attached hydrogens (tertiary/aromatic N) is 2. The summed E-state index contributed by atoms with van der Waals surface area (Å²) in [4.78, 5) is 17.1. The molecule has 0 aliphatic carbocycles. The van der Waals surface area contributed by atoms with Crippen molar-refractivity contribution < 1.29 is 4.79 Å².